The number of carbonyl (C=O) groups is 2. The van der Waals surface area contributed by atoms with Gasteiger partial charge in [-0.1, -0.05) is 30.3 Å². The SMILES string of the molecule is O=C(CCCC(=O)c1ccccc1)NC1CCN(c2nccs2)CC1. The first kappa shape index (κ1) is 17.6. The molecule has 1 aliphatic heterocycles. The summed E-state index contributed by atoms with van der Waals surface area (Å²) in [7, 11) is 0. The summed E-state index contributed by atoms with van der Waals surface area (Å²) in [5, 5.41) is 6.15. The highest BCUT2D eigenvalue weighted by Crippen LogP contribution is 2.22. The van der Waals surface area contributed by atoms with Crippen molar-refractivity contribution >= 4 is 28.2 Å². The number of aromatic nitrogens is 1. The van der Waals surface area contributed by atoms with Gasteiger partial charge in [0.05, 0.1) is 0 Å². The molecule has 1 aromatic carbocycles. The number of hydrogen-bond donors (Lipinski definition) is 1. The van der Waals surface area contributed by atoms with Gasteiger partial charge in [0.2, 0.25) is 5.91 Å². The average Bonchev–Trinajstić information content (AvgIpc) is 3.18. The predicted molar refractivity (Wildman–Crippen MR) is 100 cm³/mol. The Balaban J connectivity index is 1.34. The number of hydrogen-bond acceptors (Lipinski definition) is 5. The molecule has 0 atom stereocenters. The van der Waals surface area contributed by atoms with Crippen LogP contribution in [0.25, 0.3) is 0 Å². The van der Waals surface area contributed by atoms with Crippen molar-refractivity contribution < 1.29 is 9.59 Å². The van der Waals surface area contributed by atoms with E-state index >= 15 is 0 Å². The molecule has 25 heavy (non-hydrogen) atoms. The molecule has 3 rings (SSSR count). The van der Waals surface area contributed by atoms with Gasteiger partial charge < -0.3 is 10.2 Å². The molecule has 0 radical (unpaired) electrons. The van der Waals surface area contributed by atoms with Crippen molar-refractivity contribution in [2.24, 2.45) is 0 Å². The number of benzene rings is 1. The molecule has 0 saturated carbocycles. The zero-order chi connectivity index (χ0) is 17.5. The summed E-state index contributed by atoms with van der Waals surface area (Å²) in [4.78, 5) is 30.7. The number of nitrogens with one attached hydrogen (secondary N) is 1. The number of rotatable bonds is 7. The van der Waals surface area contributed by atoms with Gasteiger partial charge in [-0.25, -0.2) is 4.98 Å². The molecule has 1 N–H and O–H groups in total. The van der Waals surface area contributed by atoms with Crippen LogP contribution in [0.3, 0.4) is 0 Å². The summed E-state index contributed by atoms with van der Waals surface area (Å²) < 4.78 is 0. The molecule has 6 heteroatoms. The standard InChI is InChI=1S/C19H23N3O2S/c23-17(15-5-2-1-3-6-15)7-4-8-18(24)21-16-9-12-22(13-10-16)19-20-11-14-25-19/h1-3,5-6,11,14,16H,4,7-10,12-13H2,(H,21,24). The molecular formula is C19H23N3O2S. The molecule has 1 aliphatic rings. The van der Waals surface area contributed by atoms with Gasteiger partial charge in [-0.05, 0) is 19.3 Å². The third kappa shape index (κ3) is 5.13. The van der Waals surface area contributed by atoms with Crippen LogP contribution in [-0.4, -0.2) is 35.8 Å². The second-order valence-electron chi connectivity index (χ2n) is 6.29. The maximum Gasteiger partial charge on any atom is 0.220 e. The Morgan fingerprint density at radius 2 is 1.92 bits per heavy atom. The third-order valence-electron chi connectivity index (χ3n) is 4.45. The second-order valence-corrected chi connectivity index (χ2v) is 7.16. The summed E-state index contributed by atoms with van der Waals surface area (Å²) in [5.41, 5.74) is 0.720. The summed E-state index contributed by atoms with van der Waals surface area (Å²) >= 11 is 1.65. The maximum absolute atomic E-state index is 12.1. The minimum Gasteiger partial charge on any atom is -0.353 e. The number of anilines is 1. The average molecular weight is 357 g/mol. The van der Waals surface area contributed by atoms with Gasteiger partial charge in [-0.3, -0.25) is 9.59 Å². The minimum atomic E-state index is 0.0496. The van der Waals surface area contributed by atoms with Crippen LogP contribution in [0.5, 0.6) is 0 Å². The summed E-state index contributed by atoms with van der Waals surface area (Å²) in [6.45, 7) is 1.84. The molecule has 0 bridgehead atoms. The fraction of sp³-hybridized carbons (Fsp3) is 0.421. The van der Waals surface area contributed by atoms with Gasteiger partial charge in [0.15, 0.2) is 10.9 Å². The Labute approximate surface area is 152 Å². The fourth-order valence-electron chi connectivity index (χ4n) is 3.06. The van der Waals surface area contributed by atoms with E-state index in [0.29, 0.717) is 19.3 Å². The number of carbonyl (C=O) groups excluding carboxylic acids is 2. The van der Waals surface area contributed by atoms with Gasteiger partial charge in [-0.2, -0.15) is 0 Å². The van der Waals surface area contributed by atoms with Gasteiger partial charge in [0.1, 0.15) is 0 Å². The molecule has 1 aromatic heterocycles. The number of Topliss-reactive ketones (excluding diaryl/α,β-unsaturated/α-hetero) is 1. The highest BCUT2D eigenvalue weighted by Gasteiger charge is 2.21. The van der Waals surface area contributed by atoms with Crippen LogP contribution in [0.1, 0.15) is 42.5 Å². The summed E-state index contributed by atoms with van der Waals surface area (Å²) in [6, 6.07) is 9.48. The van der Waals surface area contributed by atoms with E-state index in [2.05, 4.69) is 15.2 Å². The second kappa shape index (κ2) is 8.76. The smallest absolute Gasteiger partial charge is 0.220 e. The maximum atomic E-state index is 12.1. The molecule has 0 aliphatic carbocycles. The minimum absolute atomic E-state index is 0.0496. The molecule has 1 saturated heterocycles. The Morgan fingerprint density at radius 3 is 2.60 bits per heavy atom. The van der Waals surface area contributed by atoms with Crippen LogP contribution in [0.2, 0.25) is 0 Å². The zero-order valence-corrected chi connectivity index (χ0v) is 15.0. The molecule has 5 nitrogen and oxygen atoms in total. The monoisotopic (exact) mass is 357 g/mol. The van der Waals surface area contributed by atoms with Gasteiger partial charge >= 0.3 is 0 Å². The lowest BCUT2D eigenvalue weighted by atomic mass is 10.0. The third-order valence-corrected chi connectivity index (χ3v) is 5.29. The lowest BCUT2D eigenvalue weighted by Crippen LogP contribution is -2.44. The van der Waals surface area contributed by atoms with Gasteiger partial charge in [0, 0.05) is 49.1 Å². The Kier molecular flexibility index (Phi) is 6.17. The van der Waals surface area contributed by atoms with E-state index in [9.17, 15) is 9.59 Å². The van der Waals surface area contributed by atoms with Crippen LogP contribution in [-0.2, 0) is 4.79 Å². The van der Waals surface area contributed by atoms with Crippen LogP contribution in [0.4, 0.5) is 5.13 Å². The van der Waals surface area contributed by atoms with Crippen molar-refractivity contribution in [3.05, 3.63) is 47.5 Å². The van der Waals surface area contributed by atoms with Gasteiger partial charge in [0.25, 0.3) is 0 Å². The topological polar surface area (TPSA) is 62.3 Å². The van der Waals surface area contributed by atoms with E-state index in [-0.39, 0.29) is 17.7 Å². The van der Waals surface area contributed by atoms with Crippen molar-refractivity contribution in [2.75, 3.05) is 18.0 Å². The van der Waals surface area contributed by atoms with Gasteiger partial charge in [-0.15, -0.1) is 11.3 Å². The van der Waals surface area contributed by atoms with Crippen LogP contribution < -0.4 is 10.2 Å². The lowest BCUT2D eigenvalue weighted by molar-refractivity contribution is -0.122. The molecule has 2 heterocycles. The lowest BCUT2D eigenvalue weighted by Gasteiger charge is -2.32. The molecular weight excluding hydrogens is 334 g/mol. The normalized spacial score (nSPS) is 15.1. The Morgan fingerprint density at radius 1 is 1.16 bits per heavy atom. The number of ketones is 1. The van der Waals surface area contributed by atoms with E-state index < -0.39 is 0 Å². The number of nitrogens with zero attached hydrogens (tertiary/aromatic N) is 2. The van der Waals surface area contributed by atoms with E-state index in [1.54, 1.807) is 11.3 Å². The Bertz CT molecular complexity index is 680. The zero-order valence-electron chi connectivity index (χ0n) is 14.2. The highest BCUT2D eigenvalue weighted by atomic mass is 32.1. The Hall–Kier alpha value is -2.21. The number of piperidine rings is 1. The predicted octanol–water partition coefficient (Wildman–Crippen LogP) is 3.28. The molecule has 1 fully saturated rings. The largest absolute Gasteiger partial charge is 0.353 e. The van der Waals surface area contributed by atoms with Crippen LogP contribution in [0, 0.1) is 0 Å². The van der Waals surface area contributed by atoms with Crippen molar-refractivity contribution in [1.29, 1.82) is 0 Å². The van der Waals surface area contributed by atoms with E-state index in [1.807, 2.05) is 41.9 Å². The first-order valence-electron chi connectivity index (χ1n) is 8.74. The van der Waals surface area contributed by atoms with Crippen molar-refractivity contribution in [1.82, 2.24) is 10.3 Å². The first-order chi connectivity index (χ1) is 12.2. The first-order valence-corrected chi connectivity index (χ1v) is 9.62. The molecule has 0 unspecified atom stereocenters. The van der Waals surface area contributed by atoms with Crippen molar-refractivity contribution in [2.45, 2.75) is 38.1 Å². The molecule has 2 aromatic rings. The van der Waals surface area contributed by atoms with E-state index in [1.165, 1.54) is 0 Å². The van der Waals surface area contributed by atoms with Crippen molar-refractivity contribution in [3.63, 3.8) is 0 Å². The van der Waals surface area contributed by atoms with E-state index in [0.717, 1.165) is 36.6 Å². The quantitative estimate of drug-likeness (QED) is 0.773. The van der Waals surface area contributed by atoms with Crippen LogP contribution in [0.15, 0.2) is 41.9 Å². The van der Waals surface area contributed by atoms with Crippen LogP contribution >= 0.6 is 11.3 Å². The van der Waals surface area contributed by atoms with E-state index in [4.69, 9.17) is 0 Å². The summed E-state index contributed by atoms with van der Waals surface area (Å²) in [5.74, 6) is 0.152. The molecule has 1 amide bonds. The molecule has 0 spiro atoms. The number of amides is 1. The molecule has 132 valence electrons. The van der Waals surface area contributed by atoms with Crippen molar-refractivity contribution in [3.8, 4) is 0 Å². The number of thiazole rings is 1. The fourth-order valence-corrected chi connectivity index (χ4v) is 3.76. The highest BCUT2D eigenvalue weighted by molar-refractivity contribution is 7.13. The summed E-state index contributed by atoms with van der Waals surface area (Å²) in [6.07, 6.45) is 5.12.